The van der Waals surface area contributed by atoms with Crippen LogP contribution in [0.15, 0.2) is 18.2 Å². The fourth-order valence-electron chi connectivity index (χ4n) is 1.18. The minimum absolute atomic E-state index is 0.113. The molecule has 0 fully saturated rings. The van der Waals surface area contributed by atoms with Crippen LogP contribution < -0.4 is 5.32 Å². The molecule has 1 amide bonds. The first-order valence-corrected chi connectivity index (χ1v) is 5.39. The Morgan fingerprint density at radius 2 is 2.16 bits per heavy atom. The molecule has 0 saturated carbocycles. The standard InChI is InChI=1S/C10H9ClF2N2O4/c11-6-2-1-5(3-7(6)15(18)19)10(17)14-4-8(16)9(12)13/h1-3,8-9,16H,4H2,(H,14,17). The molecule has 0 aliphatic carbocycles. The van der Waals surface area contributed by atoms with Crippen LogP contribution in [-0.2, 0) is 0 Å². The molecular formula is C10H9ClF2N2O4. The van der Waals surface area contributed by atoms with Crippen LogP contribution in [0.5, 0.6) is 0 Å². The minimum atomic E-state index is -2.99. The molecule has 19 heavy (non-hydrogen) atoms. The van der Waals surface area contributed by atoms with Crippen LogP contribution in [0.1, 0.15) is 10.4 Å². The average molecular weight is 295 g/mol. The number of rotatable bonds is 5. The van der Waals surface area contributed by atoms with Crippen LogP contribution in [0.4, 0.5) is 14.5 Å². The Labute approximate surface area is 111 Å². The van der Waals surface area contributed by atoms with Gasteiger partial charge in [0.1, 0.15) is 11.1 Å². The van der Waals surface area contributed by atoms with E-state index in [0.29, 0.717) is 0 Å². The third kappa shape index (κ3) is 4.11. The number of nitrogens with zero attached hydrogens (tertiary/aromatic N) is 1. The first kappa shape index (κ1) is 15.3. The van der Waals surface area contributed by atoms with Crippen molar-refractivity contribution in [2.45, 2.75) is 12.5 Å². The van der Waals surface area contributed by atoms with Gasteiger partial charge in [-0.3, -0.25) is 14.9 Å². The second-order valence-corrected chi connectivity index (χ2v) is 3.94. The van der Waals surface area contributed by atoms with Gasteiger partial charge in [-0.1, -0.05) is 11.6 Å². The number of carbonyl (C=O) groups is 1. The average Bonchev–Trinajstić information content (AvgIpc) is 2.35. The number of hydrogen-bond donors (Lipinski definition) is 2. The number of aliphatic hydroxyl groups is 1. The third-order valence-electron chi connectivity index (χ3n) is 2.17. The zero-order chi connectivity index (χ0) is 14.6. The molecule has 1 aromatic carbocycles. The second kappa shape index (κ2) is 6.39. The Hall–Kier alpha value is -1.80. The van der Waals surface area contributed by atoms with Crippen molar-refractivity contribution in [3.05, 3.63) is 38.9 Å². The number of benzene rings is 1. The molecule has 0 aromatic heterocycles. The van der Waals surface area contributed by atoms with E-state index in [1.165, 1.54) is 6.07 Å². The van der Waals surface area contributed by atoms with Gasteiger partial charge in [-0.2, -0.15) is 0 Å². The topological polar surface area (TPSA) is 92.5 Å². The van der Waals surface area contributed by atoms with Gasteiger partial charge in [0.2, 0.25) is 0 Å². The van der Waals surface area contributed by atoms with Crippen molar-refractivity contribution >= 4 is 23.2 Å². The molecule has 0 radical (unpaired) electrons. The van der Waals surface area contributed by atoms with Crippen molar-refractivity contribution in [2.24, 2.45) is 0 Å². The maximum atomic E-state index is 12.0. The number of alkyl halides is 2. The lowest BCUT2D eigenvalue weighted by Gasteiger charge is -2.10. The molecule has 0 aliphatic rings. The molecule has 1 unspecified atom stereocenters. The van der Waals surface area contributed by atoms with Crippen LogP contribution in [-0.4, -0.2) is 35.0 Å². The van der Waals surface area contributed by atoms with Crippen molar-refractivity contribution < 1.29 is 23.6 Å². The van der Waals surface area contributed by atoms with Crippen molar-refractivity contribution in [1.29, 1.82) is 0 Å². The van der Waals surface area contributed by atoms with Gasteiger partial charge >= 0.3 is 0 Å². The molecule has 0 spiro atoms. The van der Waals surface area contributed by atoms with E-state index in [1.54, 1.807) is 0 Å². The summed E-state index contributed by atoms with van der Waals surface area (Å²) in [5.74, 6) is -0.820. The molecule has 2 N–H and O–H groups in total. The number of nitro groups is 1. The summed E-state index contributed by atoms with van der Waals surface area (Å²) >= 11 is 5.55. The summed E-state index contributed by atoms with van der Waals surface area (Å²) < 4.78 is 24.0. The van der Waals surface area contributed by atoms with Gasteiger partial charge in [-0.15, -0.1) is 0 Å². The molecule has 9 heteroatoms. The van der Waals surface area contributed by atoms with E-state index in [1.807, 2.05) is 5.32 Å². The number of amides is 1. The fraction of sp³-hybridized carbons (Fsp3) is 0.300. The molecular weight excluding hydrogens is 286 g/mol. The molecule has 0 aliphatic heterocycles. The molecule has 0 heterocycles. The maximum absolute atomic E-state index is 12.0. The van der Waals surface area contributed by atoms with Gasteiger partial charge in [-0.25, -0.2) is 8.78 Å². The van der Waals surface area contributed by atoms with Crippen molar-refractivity contribution in [3.8, 4) is 0 Å². The number of halogens is 3. The van der Waals surface area contributed by atoms with Crippen LogP contribution in [0.2, 0.25) is 5.02 Å². The zero-order valence-electron chi connectivity index (χ0n) is 9.35. The molecule has 1 aromatic rings. The number of nitrogens with one attached hydrogen (secondary N) is 1. The lowest BCUT2D eigenvalue weighted by atomic mass is 10.2. The summed E-state index contributed by atoms with van der Waals surface area (Å²) in [6.45, 7) is -0.660. The van der Waals surface area contributed by atoms with Crippen LogP contribution in [0.25, 0.3) is 0 Å². The number of hydrogen-bond acceptors (Lipinski definition) is 4. The molecule has 104 valence electrons. The summed E-state index contributed by atoms with van der Waals surface area (Å²) in [5, 5.41) is 21.3. The second-order valence-electron chi connectivity index (χ2n) is 3.54. The van der Waals surface area contributed by atoms with Crippen molar-refractivity contribution in [2.75, 3.05) is 6.54 Å². The fourth-order valence-corrected chi connectivity index (χ4v) is 1.37. The molecule has 1 rings (SSSR count). The van der Waals surface area contributed by atoms with Gasteiger partial charge in [0.05, 0.1) is 4.92 Å². The van der Waals surface area contributed by atoms with Crippen molar-refractivity contribution in [3.63, 3.8) is 0 Å². The third-order valence-corrected chi connectivity index (χ3v) is 2.49. The summed E-state index contributed by atoms with van der Waals surface area (Å²) in [7, 11) is 0. The van der Waals surface area contributed by atoms with E-state index in [4.69, 9.17) is 16.7 Å². The van der Waals surface area contributed by atoms with Gasteiger partial charge in [0, 0.05) is 18.2 Å². The minimum Gasteiger partial charge on any atom is -0.385 e. The summed E-state index contributed by atoms with van der Waals surface area (Å²) in [5.41, 5.74) is -0.582. The van der Waals surface area contributed by atoms with E-state index in [9.17, 15) is 23.7 Å². The lowest BCUT2D eigenvalue weighted by molar-refractivity contribution is -0.384. The van der Waals surface area contributed by atoms with Gasteiger partial charge in [-0.05, 0) is 12.1 Å². The molecule has 1 atom stereocenters. The number of carbonyl (C=O) groups excluding carboxylic acids is 1. The Balaban J connectivity index is 2.78. The smallest absolute Gasteiger partial charge is 0.288 e. The van der Waals surface area contributed by atoms with Crippen LogP contribution in [0, 0.1) is 10.1 Å². The quantitative estimate of drug-likeness (QED) is 0.637. The first-order valence-electron chi connectivity index (χ1n) is 5.01. The van der Waals surface area contributed by atoms with Gasteiger partial charge < -0.3 is 10.4 Å². The van der Waals surface area contributed by atoms with Gasteiger partial charge in [0.15, 0.2) is 0 Å². The first-order chi connectivity index (χ1) is 8.82. The largest absolute Gasteiger partial charge is 0.385 e. The normalized spacial score (nSPS) is 12.3. The highest BCUT2D eigenvalue weighted by molar-refractivity contribution is 6.32. The lowest BCUT2D eigenvalue weighted by Crippen LogP contribution is -2.35. The van der Waals surface area contributed by atoms with E-state index >= 15 is 0 Å². The Kier molecular flexibility index (Phi) is 5.13. The molecule has 0 saturated heterocycles. The van der Waals surface area contributed by atoms with Crippen LogP contribution >= 0.6 is 11.6 Å². The van der Waals surface area contributed by atoms with Gasteiger partial charge in [0.25, 0.3) is 18.0 Å². The van der Waals surface area contributed by atoms with E-state index in [0.717, 1.165) is 12.1 Å². The Morgan fingerprint density at radius 1 is 1.53 bits per heavy atom. The summed E-state index contributed by atoms with van der Waals surface area (Å²) in [6, 6.07) is 3.28. The Morgan fingerprint density at radius 3 is 2.68 bits per heavy atom. The monoisotopic (exact) mass is 294 g/mol. The van der Waals surface area contributed by atoms with Crippen LogP contribution in [0.3, 0.4) is 0 Å². The summed E-state index contributed by atoms with van der Waals surface area (Å²) in [6.07, 6.45) is -4.98. The number of nitro benzene ring substituents is 1. The Bertz CT molecular complexity index is 498. The van der Waals surface area contributed by atoms with E-state index < -0.39 is 35.6 Å². The molecule has 0 bridgehead atoms. The molecule has 6 nitrogen and oxygen atoms in total. The predicted octanol–water partition coefficient (Wildman–Crippen LogP) is 1.60. The maximum Gasteiger partial charge on any atom is 0.288 e. The SMILES string of the molecule is O=C(NCC(O)C(F)F)c1ccc(Cl)c([N+](=O)[O-])c1. The highest BCUT2D eigenvalue weighted by Gasteiger charge is 2.19. The summed E-state index contributed by atoms with van der Waals surface area (Å²) in [4.78, 5) is 21.4. The predicted molar refractivity (Wildman–Crippen MR) is 62.5 cm³/mol. The van der Waals surface area contributed by atoms with E-state index in [-0.39, 0.29) is 10.6 Å². The highest BCUT2D eigenvalue weighted by Crippen LogP contribution is 2.24. The number of aliphatic hydroxyl groups excluding tert-OH is 1. The van der Waals surface area contributed by atoms with E-state index in [2.05, 4.69) is 0 Å². The highest BCUT2D eigenvalue weighted by atomic mass is 35.5. The van der Waals surface area contributed by atoms with Crippen molar-refractivity contribution in [1.82, 2.24) is 5.32 Å². The zero-order valence-corrected chi connectivity index (χ0v) is 10.1.